The van der Waals surface area contributed by atoms with Crippen molar-refractivity contribution in [2.45, 2.75) is 11.4 Å². The molecule has 0 aliphatic carbocycles. The fraction of sp³-hybridized carbons (Fsp3) is 0.250. The zero-order chi connectivity index (χ0) is 14.9. The van der Waals surface area contributed by atoms with Crippen molar-refractivity contribution < 1.29 is 8.42 Å². The second-order valence-electron chi connectivity index (χ2n) is 4.35. The van der Waals surface area contributed by atoms with Crippen LogP contribution in [0.15, 0.2) is 35.5 Å². The number of rotatable bonds is 4. The van der Waals surface area contributed by atoms with E-state index in [1.54, 1.807) is 25.2 Å². The second kappa shape index (κ2) is 5.73. The van der Waals surface area contributed by atoms with Gasteiger partial charge in [0.1, 0.15) is 4.90 Å². The van der Waals surface area contributed by atoms with Gasteiger partial charge in [0.2, 0.25) is 10.0 Å². The first-order valence-electron chi connectivity index (χ1n) is 5.69. The van der Waals surface area contributed by atoms with Crippen LogP contribution >= 0.6 is 23.2 Å². The average molecular weight is 334 g/mol. The Morgan fingerprint density at radius 1 is 1.35 bits per heavy atom. The first-order chi connectivity index (χ1) is 9.30. The normalized spacial score (nSPS) is 12.1. The number of hydrogen-bond acceptors (Lipinski definition) is 3. The lowest BCUT2D eigenvalue weighted by Crippen LogP contribution is -2.26. The highest BCUT2D eigenvalue weighted by Gasteiger charge is 2.23. The Bertz CT molecular complexity index is 728. The van der Waals surface area contributed by atoms with E-state index >= 15 is 0 Å². The van der Waals surface area contributed by atoms with Crippen molar-refractivity contribution in [1.29, 1.82) is 0 Å². The zero-order valence-corrected chi connectivity index (χ0v) is 13.2. The van der Waals surface area contributed by atoms with Crippen molar-refractivity contribution in [3.05, 3.63) is 46.2 Å². The molecule has 0 saturated carbocycles. The van der Waals surface area contributed by atoms with Crippen LogP contribution in [0.4, 0.5) is 0 Å². The van der Waals surface area contributed by atoms with Crippen molar-refractivity contribution >= 4 is 33.2 Å². The lowest BCUT2D eigenvalue weighted by molar-refractivity contribution is 0.466. The fourth-order valence-electron chi connectivity index (χ4n) is 1.69. The van der Waals surface area contributed by atoms with Gasteiger partial charge in [-0.15, -0.1) is 0 Å². The van der Waals surface area contributed by atoms with Crippen LogP contribution in [-0.4, -0.2) is 29.6 Å². The summed E-state index contributed by atoms with van der Waals surface area (Å²) in [6, 6.07) is 4.97. The molecule has 0 atom stereocenters. The van der Waals surface area contributed by atoms with Gasteiger partial charge in [-0.1, -0.05) is 29.3 Å². The molecule has 2 aromatic rings. The number of halogens is 2. The zero-order valence-electron chi connectivity index (χ0n) is 10.9. The molecule has 0 saturated heterocycles. The topological polar surface area (TPSA) is 55.2 Å². The van der Waals surface area contributed by atoms with E-state index in [0.29, 0.717) is 15.6 Å². The summed E-state index contributed by atoms with van der Waals surface area (Å²) in [4.78, 5) is 0.146. The van der Waals surface area contributed by atoms with Gasteiger partial charge in [0.15, 0.2) is 0 Å². The minimum Gasteiger partial charge on any atom is -0.274 e. The summed E-state index contributed by atoms with van der Waals surface area (Å²) in [6.07, 6.45) is 2.77. The molecule has 0 N–H and O–H groups in total. The van der Waals surface area contributed by atoms with E-state index in [2.05, 4.69) is 5.10 Å². The van der Waals surface area contributed by atoms with E-state index in [4.69, 9.17) is 23.2 Å². The maximum atomic E-state index is 12.3. The Morgan fingerprint density at radius 3 is 2.60 bits per heavy atom. The molecule has 108 valence electrons. The molecule has 0 aliphatic rings. The van der Waals surface area contributed by atoms with Gasteiger partial charge in [0, 0.05) is 36.9 Å². The van der Waals surface area contributed by atoms with Crippen LogP contribution in [0.25, 0.3) is 0 Å². The van der Waals surface area contributed by atoms with Crippen molar-refractivity contribution in [3.8, 4) is 0 Å². The molecule has 0 amide bonds. The maximum Gasteiger partial charge on any atom is 0.246 e. The maximum absolute atomic E-state index is 12.3. The molecule has 0 bridgehead atoms. The van der Waals surface area contributed by atoms with E-state index in [1.807, 2.05) is 0 Å². The van der Waals surface area contributed by atoms with Crippen molar-refractivity contribution in [3.63, 3.8) is 0 Å². The lowest BCUT2D eigenvalue weighted by Gasteiger charge is -2.16. The summed E-state index contributed by atoms with van der Waals surface area (Å²) < 4.78 is 27.3. The van der Waals surface area contributed by atoms with Crippen LogP contribution in [0.2, 0.25) is 10.0 Å². The van der Waals surface area contributed by atoms with E-state index < -0.39 is 10.0 Å². The molecular formula is C12H13Cl2N3O2S. The van der Waals surface area contributed by atoms with Gasteiger partial charge in [-0.2, -0.15) is 9.40 Å². The number of nitrogens with zero attached hydrogens (tertiary/aromatic N) is 3. The monoisotopic (exact) mass is 333 g/mol. The molecule has 1 heterocycles. The minimum absolute atomic E-state index is 0.146. The Morgan fingerprint density at radius 2 is 2.05 bits per heavy atom. The van der Waals surface area contributed by atoms with Gasteiger partial charge < -0.3 is 0 Å². The third-order valence-corrected chi connectivity index (χ3v) is 5.14. The molecule has 0 spiro atoms. The molecule has 0 aliphatic heterocycles. The molecule has 1 aromatic heterocycles. The molecule has 20 heavy (non-hydrogen) atoms. The van der Waals surface area contributed by atoms with Crippen LogP contribution in [0, 0.1) is 0 Å². The molecule has 8 heteroatoms. The second-order valence-corrected chi connectivity index (χ2v) is 7.24. The van der Waals surface area contributed by atoms with Crippen LogP contribution in [-0.2, 0) is 23.6 Å². The average Bonchev–Trinajstić information content (AvgIpc) is 2.80. The Kier molecular flexibility index (Phi) is 4.39. The molecule has 5 nitrogen and oxygen atoms in total. The van der Waals surface area contributed by atoms with Gasteiger partial charge in [-0.25, -0.2) is 8.42 Å². The summed E-state index contributed by atoms with van der Waals surface area (Å²) in [7, 11) is -0.430. The van der Waals surface area contributed by atoms with Gasteiger partial charge in [-0.05, 0) is 17.7 Å². The van der Waals surface area contributed by atoms with E-state index in [9.17, 15) is 8.42 Å². The number of sulfonamides is 1. The highest BCUT2D eigenvalue weighted by Crippen LogP contribution is 2.24. The third kappa shape index (κ3) is 3.15. The van der Waals surface area contributed by atoms with Crippen LogP contribution in [0.3, 0.4) is 0 Å². The summed E-state index contributed by atoms with van der Waals surface area (Å²) in [5.74, 6) is 0. The summed E-state index contributed by atoms with van der Waals surface area (Å²) in [5, 5.41) is 4.82. The fourth-order valence-corrected chi connectivity index (χ4v) is 3.29. The highest BCUT2D eigenvalue weighted by atomic mass is 35.5. The number of aromatic nitrogens is 2. The Labute approximate surface area is 127 Å². The van der Waals surface area contributed by atoms with Crippen LogP contribution in [0.1, 0.15) is 5.56 Å². The molecule has 0 unspecified atom stereocenters. The Hall–Kier alpha value is -1.08. The van der Waals surface area contributed by atoms with Gasteiger partial charge in [-0.3, -0.25) is 4.68 Å². The number of benzene rings is 1. The van der Waals surface area contributed by atoms with Crippen molar-refractivity contribution in [2.75, 3.05) is 7.05 Å². The van der Waals surface area contributed by atoms with Gasteiger partial charge in [0.25, 0.3) is 0 Å². The van der Waals surface area contributed by atoms with E-state index in [1.165, 1.54) is 28.4 Å². The molecule has 2 rings (SSSR count). The summed E-state index contributed by atoms with van der Waals surface area (Å²) in [5.41, 5.74) is 0.686. The summed E-state index contributed by atoms with van der Waals surface area (Å²) in [6.45, 7) is 0.160. The van der Waals surface area contributed by atoms with E-state index in [-0.39, 0.29) is 11.4 Å². The van der Waals surface area contributed by atoms with Gasteiger partial charge in [0.05, 0.1) is 6.20 Å². The third-order valence-electron chi connectivity index (χ3n) is 2.80. The van der Waals surface area contributed by atoms with Crippen LogP contribution < -0.4 is 0 Å². The molecule has 0 radical (unpaired) electrons. The largest absolute Gasteiger partial charge is 0.274 e. The standard InChI is InChI=1S/C12H13Cl2N3O2S/c1-16-8-11(6-15-16)20(18,19)17(2)7-9-3-4-10(13)5-12(9)14/h3-6,8H,7H2,1-2H3. The predicted octanol–water partition coefficient (Wildman–Crippen LogP) is 2.55. The molecule has 1 aromatic carbocycles. The quantitative estimate of drug-likeness (QED) is 0.863. The van der Waals surface area contributed by atoms with Crippen LogP contribution in [0.5, 0.6) is 0 Å². The SMILES string of the molecule is CN(Cc1ccc(Cl)cc1Cl)S(=O)(=O)c1cnn(C)c1. The highest BCUT2D eigenvalue weighted by molar-refractivity contribution is 7.89. The predicted molar refractivity (Wildman–Crippen MR) is 78.3 cm³/mol. The van der Waals surface area contributed by atoms with Gasteiger partial charge >= 0.3 is 0 Å². The number of aryl methyl sites for hydroxylation is 1. The Balaban J connectivity index is 2.25. The molecular weight excluding hydrogens is 321 g/mol. The minimum atomic E-state index is -3.58. The van der Waals surface area contributed by atoms with E-state index in [0.717, 1.165) is 0 Å². The van der Waals surface area contributed by atoms with Crippen molar-refractivity contribution in [2.24, 2.45) is 7.05 Å². The first kappa shape index (κ1) is 15.3. The first-order valence-corrected chi connectivity index (χ1v) is 7.89. The molecule has 0 fully saturated rings. The smallest absolute Gasteiger partial charge is 0.246 e. The lowest BCUT2D eigenvalue weighted by atomic mass is 10.2. The number of hydrogen-bond donors (Lipinski definition) is 0. The van der Waals surface area contributed by atoms with Crippen molar-refractivity contribution in [1.82, 2.24) is 14.1 Å². The summed E-state index contributed by atoms with van der Waals surface area (Å²) >= 11 is 11.9.